The molecule has 1 aliphatic rings. The molecule has 0 radical (unpaired) electrons. The van der Waals surface area contributed by atoms with Gasteiger partial charge >= 0.3 is 5.97 Å². The summed E-state index contributed by atoms with van der Waals surface area (Å²) in [7, 11) is 0. The average molecular weight is 396 g/mol. The molecular weight excluding hydrogens is 372 g/mol. The van der Waals surface area contributed by atoms with Crippen LogP contribution in [0, 0.1) is 0 Å². The summed E-state index contributed by atoms with van der Waals surface area (Å²) >= 11 is 0. The predicted molar refractivity (Wildman–Crippen MR) is 108 cm³/mol. The lowest BCUT2D eigenvalue weighted by Gasteiger charge is -2.26. The summed E-state index contributed by atoms with van der Waals surface area (Å²) in [6.07, 6.45) is 1.36. The molecule has 1 heterocycles. The lowest BCUT2D eigenvalue weighted by molar-refractivity contribution is -0.150. The van der Waals surface area contributed by atoms with E-state index in [9.17, 15) is 19.5 Å². The Morgan fingerprint density at radius 3 is 2.59 bits per heavy atom. The molecule has 1 N–H and O–H groups in total. The quantitative estimate of drug-likeness (QED) is 0.741. The molecule has 0 aliphatic carbocycles. The summed E-state index contributed by atoms with van der Waals surface area (Å²) in [5, 5.41) is 9.37. The highest BCUT2D eigenvalue weighted by Gasteiger charge is 2.26. The number of carbonyl (C=O) groups is 3. The van der Waals surface area contributed by atoms with Crippen molar-refractivity contribution in [2.24, 2.45) is 0 Å². The van der Waals surface area contributed by atoms with Crippen LogP contribution >= 0.6 is 0 Å². The number of carbonyl (C=O) groups excluding carboxylic acids is 2. The summed E-state index contributed by atoms with van der Waals surface area (Å²) < 4.78 is 5.63. The van der Waals surface area contributed by atoms with Crippen molar-refractivity contribution in [2.75, 3.05) is 18.1 Å². The molecule has 152 valence electrons. The minimum Gasteiger partial charge on any atom is -0.484 e. The minimum absolute atomic E-state index is 0.0718. The number of ether oxygens (including phenoxy) is 1. The summed E-state index contributed by atoms with van der Waals surface area (Å²) in [4.78, 5) is 39.1. The van der Waals surface area contributed by atoms with E-state index in [1.165, 1.54) is 11.8 Å². The summed E-state index contributed by atoms with van der Waals surface area (Å²) in [5.41, 5.74) is 1.57. The fourth-order valence-corrected chi connectivity index (χ4v) is 3.24. The van der Waals surface area contributed by atoms with E-state index in [-0.39, 0.29) is 19.1 Å². The van der Waals surface area contributed by atoms with Crippen molar-refractivity contribution >= 4 is 23.5 Å². The maximum atomic E-state index is 12.7. The third kappa shape index (κ3) is 5.13. The molecule has 0 saturated carbocycles. The topological polar surface area (TPSA) is 87.2 Å². The maximum Gasteiger partial charge on any atom is 0.326 e. The van der Waals surface area contributed by atoms with Crippen molar-refractivity contribution < 1.29 is 24.2 Å². The van der Waals surface area contributed by atoms with E-state index in [1.807, 2.05) is 36.4 Å². The zero-order chi connectivity index (χ0) is 20.8. The van der Waals surface area contributed by atoms with Gasteiger partial charge in [-0.05, 0) is 31.0 Å². The van der Waals surface area contributed by atoms with Gasteiger partial charge in [-0.1, -0.05) is 36.4 Å². The fourth-order valence-electron chi connectivity index (χ4n) is 3.24. The standard InChI is InChI=1S/C22H24N2O5/c1-16(22(27)28)24(14-17-7-3-2-4-8-17)21(26)15-29-19-10-5-9-18(13-19)23-12-6-11-20(23)25/h2-5,7-10,13,16H,6,11-12,14-15H2,1H3,(H,27,28). The lowest BCUT2D eigenvalue weighted by atomic mass is 10.2. The van der Waals surface area contributed by atoms with Gasteiger partial charge in [-0.2, -0.15) is 0 Å². The molecule has 2 amide bonds. The monoisotopic (exact) mass is 396 g/mol. The molecule has 0 spiro atoms. The molecular formula is C22H24N2O5. The van der Waals surface area contributed by atoms with Crippen LogP contribution in [0.5, 0.6) is 5.75 Å². The van der Waals surface area contributed by atoms with Crippen molar-refractivity contribution in [3.8, 4) is 5.75 Å². The van der Waals surface area contributed by atoms with E-state index in [4.69, 9.17) is 4.74 Å². The van der Waals surface area contributed by atoms with Gasteiger partial charge in [0, 0.05) is 31.3 Å². The smallest absolute Gasteiger partial charge is 0.326 e. The van der Waals surface area contributed by atoms with E-state index < -0.39 is 17.9 Å². The minimum atomic E-state index is -1.08. The third-order valence-corrected chi connectivity index (χ3v) is 4.91. The van der Waals surface area contributed by atoms with Crippen molar-refractivity contribution in [1.82, 2.24) is 4.90 Å². The normalized spacial score (nSPS) is 14.5. The molecule has 29 heavy (non-hydrogen) atoms. The van der Waals surface area contributed by atoms with Gasteiger partial charge in [0.25, 0.3) is 5.91 Å². The molecule has 1 unspecified atom stereocenters. The Kier molecular flexibility index (Phi) is 6.49. The van der Waals surface area contributed by atoms with Crippen LogP contribution in [0.4, 0.5) is 5.69 Å². The molecule has 1 atom stereocenters. The molecule has 1 saturated heterocycles. The first-order valence-electron chi connectivity index (χ1n) is 9.55. The Balaban J connectivity index is 1.68. The van der Waals surface area contributed by atoms with Crippen LogP contribution in [0.1, 0.15) is 25.3 Å². The van der Waals surface area contributed by atoms with Crippen LogP contribution in [0.3, 0.4) is 0 Å². The number of hydrogen-bond acceptors (Lipinski definition) is 4. The Morgan fingerprint density at radius 2 is 1.93 bits per heavy atom. The zero-order valence-electron chi connectivity index (χ0n) is 16.3. The predicted octanol–water partition coefficient (Wildman–Crippen LogP) is 2.69. The highest BCUT2D eigenvalue weighted by Crippen LogP contribution is 2.25. The van der Waals surface area contributed by atoms with Crippen LogP contribution < -0.4 is 9.64 Å². The van der Waals surface area contributed by atoms with E-state index in [1.54, 1.807) is 23.1 Å². The number of aliphatic carboxylic acids is 1. The summed E-state index contributed by atoms with van der Waals surface area (Å²) in [6.45, 7) is 2.03. The summed E-state index contributed by atoms with van der Waals surface area (Å²) in [5.74, 6) is -0.976. The number of carboxylic acid groups (broad SMARTS) is 1. The van der Waals surface area contributed by atoms with Gasteiger partial charge in [0.15, 0.2) is 6.61 Å². The first-order chi connectivity index (χ1) is 14.0. The Bertz CT molecular complexity index is 884. The third-order valence-electron chi connectivity index (χ3n) is 4.91. The first-order valence-corrected chi connectivity index (χ1v) is 9.55. The van der Waals surface area contributed by atoms with Gasteiger partial charge in [0.2, 0.25) is 5.91 Å². The second kappa shape index (κ2) is 9.23. The van der Waals surface area contributed by atoms with E-state index in [2.05, 4.69) is 0 Å². The Hall–Kier alpha value is -3.35. The molecule has 1 fully saturated rings. The van der Waals surface area contributed by atoms with E-state index in [0.29, 0.717) is 18.7 Å². The molecule has 2 aromatic rings. The molecule has 0 bridgehead atoms. The highest BCUT2D eigenvalue weighted by molar-refractivity contribution is 5.95. The average Bonchev–Trinajstić information content (AvgIpc) is 3.16. The number of carboxylic acids is 1. The number of hydrogen-bond donors (Lipinski definition) is 1. The highest BCUT2D eigenvalue weighted by atomic mass is 16.5. The van der Waals surface area contributed by atoms with Gasteiger partial charge < -0.3 is 19.6 Å². The van der Waals surface area contributed by atoms with Crippen molar-refractivity contribution in [2.45, 2.75) is 32.4 Å². The van der Waals surface area contributed by atoms with Crippen LogP contribution in [-0.4, -0.2) is 47.0 Å². The molecule has 0 aromatic heterocycles. The number of benzene rings is 2. The molecule has 2 aromatic carbocycles. The van der Waals surface area contributed by atoms with E-state index >= 15 is 0 Å². The van der Waals surface area contributed by atoms with Crippen molar-refractivity contribution in [3.63, 3.8) is 0 Å². The number of anilines is 1. The molecule has 7 nitrogen and oxygen atoms in total. The number of nitrogens with zero attached hydrogens (tertiary/aromatic N) is 2. The summed E-state index contributed by atoms with van der Waals surface area (Å²) in [6, 6.07) is 15.2. The lowest BCUT2D eigenvalue weighted by Crippen LogP contribution is -2.44. The van der Waals surface area contributed by atoms with Gasteiger partial charge in [-0.15, -0.1) is 0 Å². The maximum absolute atomic E-state index is 12.7. The van der Waals surface area contributed by atoms with Crippen LogP contribution in [0.25, 0.3) is 0 Å². The molecule has 3 rings (SSSR count). The van der Waals surface area contributed by atoms with Crippen LogP contribution in [-0.2, 0) is 20.9 Å². The number of amides is 2. The van der Waals surface area contributed by atoms with Crippen LogP contribution in [0.15, 0.2) is 54.6 Å². The van der Waals surface area contributed by atoms with Gasteiger partial charge in [-0.3, -0.25) is 9.59 Å². The van der Waals surface area contributed by atoms with Gasteiger partial charge in [0.1, 0.15) is 11.8 Å². The van der Waals surface area contributed by atoms with Gasteiger partial charge in [-0.25, -0.2) is 4.79 Å². The molecule has 7 heteroatoms. The van der Waals surface area contributed by atoms with Gasteiger partial charge in [0.05, 0.1) is 0 Å². The SMILES string of the molecule is CC(C(=O)O)N(Cc1ccccc1)C(=O)COc1cccc(N2CCCC2=O)c1. The molecule has 1 aliphatic heterocycles. The zero-order valence-corrected chi connectivity index (χ0v) is 16.3. The van der Waals surface area contributed by atoms with Crippen LogP contribution in [0.2, 0.25) is 0 Å². The Labute approximate surface area is 169 Å². The first kappa shape index (κ1) is 20.4. The Morgan fingerprint density at radius 1 is 1.17 bits per heavy atom. The van der Waals surface area contributed by atoms with E-state index in [0.717, 1.165) is 17.7 Å². The van der Waals surface area contributed by atoms with Crippen molar-refractivity contribution in [3.05, 3.63) is 60.2 Å². The van der Waals surface area contributed by atoms with Crippen molar-refractivity contribution in [1.29, 1.82) is 0 Å². The second-order valence-corrected chi connectivity index (χ2v) is 6.96. The fraction of sp³-hybridized carbons (Fsp3) is 0.318. The largest absolute Gasteiger partial charge is 0.484 e. The second-order valence-electron chi connectivity index (χ2n) is 6.96. The number of rotatable bonds is 8.